The zero-order valence-corrected chi connectivity index (χ0v) is 9.88. The smallest absolute Gasteiger partial charge is 0.123 e. The van der Waals surface area contributed by atoms with Crippen LogP contribution < -0.4 is 5.32 Å². The summed E-state index contributed by atoms with van der Waals surface area (Å²) in [7, 11) is 0. The van der Waals surface area contributed by atoms with Crippen molar-refractivity contribution in [3.8, 4) is 0 Å². The summed E-state index contributed by atoms with van der Waals surface area (Å²) in [6, 6.07) is 6.84. The van der Waals surface area contributed by atoms with Crippen LogP contribution in [0.15, 0.2) is 24.3 Å². The number of hydrogen-bond donors (Lipinski definition) is 1. The number of benzene rings is 1. The first-order valence-corrected chi connectivity index (χ1v) is 6.22. The highest BCUT2D eigenvalue weighted by Crippen LogP contribution is 2.25. The first kappa shape index (κ1) is 11.6. The highest BCUT2D eigenvalue weighted by atomic mass is 19.1. The van der Waals surface area contributed by atoms with Gasteiger partial charge in [-0.25, -0.2) is 4.39 Å². The molecule has 0 bridgehead atoms. The van der Waals surface area contributed by atoms with Crippen LogP contribution in [-0.2, 0) is 0 Å². The molecule has 2 heteroatoms. The highest BCUT2D eigenvalue weighted by molar-refractivity contribution is 5.20. The van der Waals surface area contributed by atoms with Crippen molar-refractivity contribution in [3.05, 3.63) is 35.6 Å². The lowest BCUT2D eigenvalue weighted by Gasteiger charge is -2.26. The maximum Gasteiger partial charge on any atom is 0.123 e. The van der Waals surface area contributed by atoms with Crippen molar-refractivity contribution in [2.75, 3.05) is 13.1 Å². The monoisotopic (exact) mass is 221 g/mol. The summed E-state index contributed by atoms with van der Waals surface area (Å²) in [5.74, 6) is 1.21. The minimum Gasteiger partial charge on any atom is -0.316 e. The fourth-order valence-electron chi connectivity index (χ4n) is 2.11. The summed E-state index contributed by atoms with van der Waals surface area (Å²) >= 11 is 0. The molecule has 0 amide bonds. The van der Waals surface area contributed by atoms with Gasteiger partial charge in [0, 0.05) is 6.54 Å². The van der Waals surface area contributed by atoms with E-state index in [1.807, 2.05) is 12.1 Å². The fraction of sp³-hybridized carbons (Fsp3) is 0.571. The summed E-state index contributed by atoms with van der Waals surface area (Å²) in [6.45, 7) is 4.31. The van der Waals surface area contributed by atoms with Crippen molar-refractivity contribution in [2.45, 2.75) is 32.1 Å². The number of nitrogens with one attached hydrogen (secondary N) is 1. The van der Waals surface area contributed by atoms with E-state index in [1.165, 1.54) is 37.0 Å². The normalized spacial score (nSPS) is 18.1. The third-order valence-corrected chi connectivity index (χ3v) is 3.55. The molecule has 88 valence electrons. The van der Waals surface area contributed by atoms with Gasteiger partial charge >= 0.3 is 0 Å². The Hall–Kier alpha value is -0.890. The Balaban J connectivity index is 1.73. The molecular formula is C14H20FN. The van der Waals surface area contributed by atoms with E-state index >= 15 is 0 Å². The molecule has 16 heavy (non-hydrogen) atoms. The maximum atomic E-state index is 12.7. The summed E-state index contributed by atoms with van der Waals surface area (Å²) in [5.41, 5.74) is 1.21. The molecule has 0 aromatic heterocycles. The van der Waals surface area contributed by atoms with E-state index in [1.54, 1.807) is 0 Å². The van der Waals surface area contributed by atoms with E-state index in [2.05, 4.69) is 12.2 Å². The Kier molecular flexibility index (Phi) is 3.94. The van der Waals surface area contributed by atoms with Crippen LogP contribution in [-0.4, -0.2) is 13.1 Å². The SMILES string of the molecule is CC(CNCC1CCC1)c1ccc(F)cc1. The van der Waals surface area contributed by atoms with E-state index in [0.717, 1.165) is 19.0 Å². The van der Waals surface area contributed by atoms with E-state index in [0.29, 0.717) is 5.92 Å². The van der Waals surface area contributed by atoms with Gasteiger partial charge in [-0.2, -0.15) is 0 Å². The predicted octanol–water partition coefficient (Wildman–Crippen LogP) is 3.32. The minimum atomic E-state index is -0.154. The average molecular weight is 221 g/mol. The van der Waals surface area contributed by atoms with Gasteiger partial charge in [0.2, 0.25) is 0 Å². The van der Waals surface area contributed by atoms with Crippen molar-refractivity contribution in [3.63, 3.8) is 0 Å². The van der Waals surface area contributed by atoms with Crippen LogP contribution in [0.25, 0.3) is 0 Å². The van der Waals surface area contributed by atoms with Gasteiger partial charge in [0.1, 0.15) is 5.82 Å². The Bertz CT molecular complexity index is 316. The van der Waals surface area contributed by atoms with E-state index < -0.39 is 0 Å². The molecule has 0 heterocycles. The first-order chi connectivity index (χ1) is 7.75. The molecule has 0 aliphatic heterocycles. The molecule has 1 fully saturated rings. The van der Waals surface area contributed by atoms with Crippen molar-refractivity contribution in [1.29, 1.82) is 0 Å². The average Bonchev–Trinajstić information content (AvgIpc) is 2.22. The van der Waals surface area contributed by atoms with Crippen LogP contribution in [0.4, 0.5) is 4.39 Å². The molecule has 0 saturated heterocycles. The molecule has 0 radical (unpaired) electrons. The first-order valence-electron chi connectivity index (χ1n) is 6.22. The van der Waals surface area contributed by atoms with Gasteiger partial charge in [-0.1, -0.05) is 25.5 Å². The molecule has 1 atom stereocenters. The molecule has 1 aliphatic carbocycles. The minimum absolute atomic E-state index is 0.154. The van der Waals surface area contributed by atoms with E-state index in [9.17, 15) is 4.39 Å². The lowest BCUT2D eigenvalue weighted by atomic mass is 9.85. The zero-order valence-electron chi connectivity index (χ0n) is 9.88. The third kappa shape index (κ3) is 3.05. The number of halogens is 1. The lowest BCUT2D eigenvalue weighted by molar-refractivity contribution is 0.300. The molecule has 1 aromatic rings. The highest BCUT2D eigenvalue weighted by Gasteiger charge is 2.16. The second-order valence-electron chi connectivity index (χ2n) is 4.91. The van der Waals surface area contributed by atoms with Crippen molar-refractivity contribution >= 4 is 0 Å². The molecule has 0 spiro atoms. The van der Waals surface area contributed by atoms with Gasteiger partial charge in [0.05, 0.1) is 0 Å². The van der Waals surface area contributed by atoms with Crippen LogP contribution in [0, 0.1) is 11.7 Å². The quantitative estimate of drug-likeness (QED) is 0.804. The molecule has 1 saturated carbocycles. The van der Waals surface area contributed by atoms with Gasteiger partial charge in [-0.3, -0.25) is 0 Å². The van der Waals surface area contributed by atoms with E-state index in [4.69, 9.17) is 0 Å². The van der Waals surface area contributed by atoms with Gasteiger partial charge in [0.15, 0.2) is 0 Å². The maximum absolute atomic E-state index is 12.7. The van der Waals surface area contributed by atoms with Gasteiger partial charge in [0.25, 0.3) is 0 Å². The third-order valence-electron chi connectivity index (χ3n) is 3.55. The van der Waals surface area contributed by atoms with Gasteiger partial charge in [-0.15, -0.1) is 0 Å². The standard InChI is InChI=1S/C14H20FN/c1-11(9-16-10-12-3-2-4-12)13-5-7-14(15)8-6-13/h5-8,11-12,16H,2-4,9-10H2,1H3. The van der Waals surface area contributed by atoms with Crippen LogP contribution in [0.2, 0.25) is 0 Å². The Morgan fingerprint density at radius 1 is 1.31 bits per heavy atom. The largest absolute Gasteiger partial charge is 0.316 e. The van der Waals surface area contributed by atoms with Crippen molar-refractivity contribution in [2.24, 2.45) is 5.92 Å². The number of hydrogen-bond acceptors (Lipinski definition) is 1. The summed E-state index contributed by atoms with van der Waals surface area (Å²) < 4.78 is 12.7. The second kappa shape index (κ2) is 5.44. The molecular weight excluding hydrogens is 201 g/mol. The van der Waals surface area contributed by atoms with Crippen LogP contribution in [0.3, 0.4) is 0 Å². The molecule has 1 N–H and O–H groups in total. The second-order valence-corrected chi connectivity index (χ2v) is 4.91. The van der Waals surface area contributed by atoms with Gasteiger partial charge in [-0.05, 0) is 48.9 Å². The van der Waals surface area contributed by atoms with Crippen LogP contribution in [0.5, 0.6) is 0 Å². The lowest BCUT2D eigenvalue weighted by Crippen LogP contribution is -2.29. The topological polar surface area (TPSA) is 12.0 Å². The Labute approximate surface area is 97.1 Å². The van der Waals surface area contributed by atoms with Crippen LogP contribution >= 0.6 is 0 Å². The zero-order chi connectivity index (χ0) is 11.4. The summed E-state index contributed by atoms with van der Waals surface area (Å²) in [5, 5.41) is 3.51. The number of rotatable bonds is 5. The van der Waals surface area contributed by atoms with Crippen LogP contribution in [0.1, 0.15) is 37.7 Å². The van der Waals surface area contributed by atoms with Crippen molar-refractivity contribution < 1.29 is 4.39 Å². The molecule has 1 nitrogen and oxygen atoms in total. The Morgan fingerprint density at radius 3 is 2.56 bits per heavy atom. The summed E-state index contributed by atoms with van der Waals surface area (Å²) in [6.07, 6.45) is 4.18. The molecule has 1 unspecified atom stereocenters. The predicted molar refractivity (Wildman–Crippen MR) is 65.0 cm³/mol. The van der Waals surface area contributed by atoms with E-state index in [-0.39, 0.29) is 5.82 Å². The fourth-order valence-corrected chi connectivity index (χ4v) is 2.11. The van der Waals surface area contributed by atoms with Gasteiger partial charge < -0.3 is 5.32 Å². The molecule has 2 rings (SSSR count). The summed E-state index contributed by atoms with van der Waals surface area (Å²) in [4.78, 5) is 0. The molecule has 1 aliphatic rings. The molecule has 1 aromatic carbocycles. The Morgan fingerprint density at radius 2 is 2.00 bits per heavy atom. The van der Waals surface area contributed by atoms with Crippen molar-refractivity contribution in [1.82, 2.24) is 5.32 Å².